The molecule has 376 valence electrons. The zero-order valence-electron chi connectivity index (χ0n) is 42.7. The molecule has 9 rings (SSSR count). The van der Waals surface area contributed by atoms with Gasteiger partial charge < -0.3 is 5.32 Å². The molecule has 0 spiro atoms. The van der Waals surface area contributed by atoms with Gasteiger partial charge >= 0.3 is 0 Å². The summed E-state index contributed by atoms with van der Waals surface area (Å²) in [6.45, 7) is 19.3. The number of carbonyl (C=O) groups excluding carboxylic acids is 3. The molecular formula is C61H65N5O5S2. The van der Waals surface area contributed by atoms with Crippen LogP contribution in [0, 0.1) is 41.5 Å². The van der Waals surface area contributed by atoms with Crippen molar-refractivity contribution in [3.05, 3.63) is 262 Å². The van der Waals surface area contributed by atoms with Gasteiger partial charge in [-0.1, -0.05) is 152 Å². The van der Waals surface area contributed by atoms with E-state index in [1.54, 1.807) is 72.8 Å². The van der Waals surface area contributed by atoms with E-state index in [2.05, 4.69) is 78.9 Å². The smallest absolute Gasteiger partial charge is 0.261 e. The number of anilines is 1. The third-order valence-electron chi connectivity index (χ3n) is 11.2. The number of sulfonamides is 1. The highest BCUT2D eigenvalue weighted by Gasteiger charge is 2.35. The van der Waals surface area contributed by atoms with E-state index in [4.69, 9.17) is 0 Å². The molecule has 7 aromatic carbocycles. The summed E-state index contributed by atoms with van der Waals surface area (Å²) in [5, 5.41) is 6.95. The lowest BCUT2D eigenvalue weighted by Crippen LogP contribution is -2.29. The SMILES string of the molecule is C=CCNC(=O)c1cccc(C)c1.CCSc1ccccc1C.Cc1ccc(S(=O)(=O)Nc2ccccc2C)cc1.Cc1ccccc1CN1C(=O)c2ccccc2C1=O.Cc1cnn(Cc2ccccc2)c1. The van der Waals surface area contributed by atoms with Gasteiger partial charge in [-0.25, -0.2) is 8.42 Å². The highest BCUT2D eigenvalue weighted by Crippen LogP contribution is 2.25. The molecule has 8 aromatic rings. The summed E-state index contributed by atoms with van der Waals surface area (Å²) in [4.78, 5) is 38.8. The first-order chi connectivity index (χ1) is 35.1. The van der Waals surface area contributed by atoms with E-state index < -0.39 is 10.0 Å². The largest absolute Gasteiger partial charge is 0.349 e. The Morgan fingerprint density at radius 1 is 0.630 bits per heavy atom. The molecule has 0 saturated carbocycles. The minimum absolute atomic E-state index is 0.0522. The summed E-state index contributed by atoms with van der Waals surface area (Å²) in [7, 11) is -3.50. The first-order valence-corrected chi connectivity index (χ1v) is 26.4. The number of thioether (sulfide) groups is 1. The van der Waals surface area contributed by atoms with E-state index >= 15 is 0 Å². The number of hydrogen-bond acceptors (Lipinski definition) is 7. The molecule has 3 amide bonds. The molecule has 0 bridgehead atoms. The highest BCUT2D eigenvalue weighted by molar-refractivity contribution is 7.99. The first kappa shape index (κ1) is 56.1. The summed E-state index contributed by atoms with van der Waals surface area (Å²) in [5.74, 6) is 0.696. The maximum absolute atomic E-state index is 12.2. The maximum atomic E-state index is 12.2. The molecule has 12 heteroatoms. The van der Waals surface area contributed by atoms with Crippen LogP contribution in [-0.4, -0.2) is 53.1 Å². The average molecular weight is 1010 g/mol. The molecule has 0 unspecified atom stereocenters. The second-order valence-corrected chi connectivity index (χ2v) is 20.2. The minimum Gasteiger partial charge on any atom is -0.349 e. The standard InChI is InChI=1S/C16H13NO2.C14H15NO2S.C11H12N2.C11H13NO.C9H12S/c1-11-6-2-3-7-12(11)10-17-15(18)13-8-4-5-9-14(13)16(17)19;1-11-7-9-13(10-8-11)18(16,17)15-14-6-4-3-5-12(14)2;1-10-7-12-13(8-10)9-11-5-3-2-4-6-11;1-3-7-12-11(13)10-6-4-5-9(2)8-10;1-3-10-9-7-5-4-6-8(9)2/h2-9H,10H2,1H3;3-10,15H,1-2H3;2-8H,9H2,1H3;3-6,8H,1,7H2,2H3,(H,12,13);4-7H,3H2,1-2H3. The Kier molecular flexibility index (Phi) is 21.8. The van der Waals surface area contributed by atoms with Crippen molar-refractivity contribution in [1.82, 2.24) is 20.0 Å². The molecule has 0 fully saturated rings. The van der Waals surface area contributed by atoms with E-state index in [1.165, 1.54) is 26.5 Å². The number of fused-ring (bicyclic) bond motifs is 1. The van der Waals surface area contributed by atoms with Crippen LogP contribution < -0.4 is 10.0 Å². The summed E-state index contributed by atoms with van der Waals surface area (Å²) in [6, 6.07) is 55.1. The zero-order valence-corrected chi connectivity index (χ0v) is 44.3. The molecule has 0 aliphatic carbocycles. The molecule has 0 saturated heterocycles. The van der Waals surface area contributed by atoms with Gasteiger partial charge in [0.25, 0.3) is 27.7 Å². The zero-order chi connectivity index (χ0) is 52.8. The number of hydrogen-bond donors (Lipinski definition) is 2. The predicted octanol–water partition coefficient (Wildman–Crippen LogP) is 13.2. The molecule has 73 heavy (non-hydrogen) atoms. The Hall–Kier alpha value is -7.80. The lowest BCUT2D eigenvalue weighted by atomic mass is 10.1. The van der Waals surface area contributed by atoms with E-state index in [9.17, 15) is 22.8 Å². The molecular weight excluding hydrogens is 947 g/mol. The van der Waals surface area contributed by atoms with Crippen molar-refractivity contribution in [3.8, 4) is 0 Å². The van der Waals surface area contributed by atoms with Crippen LogP contribution in [0.15, 0.2) is 211 Å². The summed E-state index contributed by atoms with van der Waals surface area (Å²) in [6.07, 6.45) is 5.59. The van der Waals surface area contributed by atoms with Crippen molar-refractivity contribution in [2.75, 3.05) is 17.0 Å². The van der Waals surface area contributed by atoms with Crippen LogP contribution >= 0.6 is 11.8 Å². The number of rotatable bonds is 12. The quantitative estimate of drug-likeness (QED) is 0.0708. The number of imide groups is 1. The Labute approximate surface area is 436 Å². The van der Waals surface area contributed by atoms with E-state index in [1.807, 2.05) is 129 Å². The van der Waals surface area contributed by atoms with Gasteiger partial charge in [-0.05, 0) is 129 Å². The van der Waals surface area contributed by atoms with Crippen molar-refractivity contribution in [2.24, 2.45) is 0 Å². The van der Waals surface area contributed by atoms with Crippen LogP contribution in [0.1, 0.15) is 82.5 Å². The number of benzene rings is 7. The lowest BCUT2D eigenvalue weighted by Gasteiger charge is -2.15. The van der Waals surface area contributed by atoms with Crippen molar-refractivity contribution in [2.45, 2.75) is 71.3 Å². The van der Waals surface area contributed by atoms with Crippen LogP contribution in [0.3, 0.4) is 0 Å². The molecule has 0 atom stereocenters. The van der Waals surface area contributed by atoms with Gasteiger partial charge in [-0.2, -0.15) is 5.10 Å². The molecule has 2 N–H and O–H groups in total. The Morgan fingerprint density at radius 2 is 1.22 bits per heavy atom. The van der Waals surface area contributed by atoms with Crippen molar-refractivity contribution < 1.29 is 22.8 Å². The molecule has 10 nitrogen and oxygen atoms in total. The highest BCUT2D eigenvalue weighted by atomic mass is 32.2. The van der Waals surface area contributed by atoms with Crippen LogP contribution in [0.5, 0.6) is 0 Å². The third kappa shape index (κ3) is 17.5. The maximum Gasteiger partial charge on any atom is 0.261 e. The van der Waals surface area contributed by atoms with E-state index in [0.717, 1.165) is 40.1 Å². The number of nitrogens with one attached hydrogen (secondary N) is 2. The van der Waals surface area contributed by atoms with Gasteiger partial charge in [0.1, 0.15) is 0 Å². The number of para-hydroxylation sites is 1. The fourth-order valence-corrected chi connectivity index (χ4v) is 9.11. The number of nitrogens with zero attached hydrogens (tertiary/aromatic N) is 3. The Bertz CT molecular complexity index is 3150. The van der Waals surface area contributed by atoms with Gasteiger partial charge in [-0.3, -0.25) is 28.7 Å². The van der Waals surface area contributed by atoms with Gasteiger partial charge in [0.2, 0.25) is 0 Å². The number of aryl methyl sites for hydroxylation is 6. The molecule has 1 aromatic heterocycles. The van der Waals surface area contributed by atoms with Crippen LogP contribution in [-0.2, 0) is 23.1 Å². The normalized spacial score (nSPS) is 11.2. The van der Waals surface area contributed by atoms with E-state index in [0.29, 0.717) is 35.5 Å². The molecule has 1 aliphatic rings. The topological polar surface area (TPSA) is 130 Å². The molecule has 0 radical (unpaired) electrons. The van der Waals surface area contributed by atoms with Crippen molar-refractivity contribution in [1.29, 1.82) is 0 Å². The minimum atomic E-state index is -3.50. The van der Waals surface area contributed by atoms with Crippen molar-refractivity contribution in [3.63, 3.8) is 0 Å². The number of amides is 3. The molecule has 2 heterocycles. The third-order valence-corrected chi connectivity index (χ3v) is 13.7. The van der Waals surface area contributed by atoms with Gasteiger partial charge in [0.05, 0.1) is 41.0 Å². The monoisotopic (exact) mass is 1010 g/mol. The van der Waals surface area contributed by atoms with E-state index in [-0.39, 0.29) is 22.6 Å². The summed E-state index contributed by atoms with van der Waals surface area (Å²) in [5.41, 5.74) is 11.3. The van der Waals surface area contributed by atoms with Gasteiger partial charge in [0.15, 0.2) is 0 Å². The van der Waals surface area contributed by atoms with Gasteiger partial charge in [0, 0.05) is 23.2 Å². The fraction of sp³-hybridized carbons (Fsp3) is 0.180. The second kappa shape index (κ2) is 28.3. The summed E-state index contributed by atoms with van der Waals surface area (Å²) >= 11 is 1.90. The van der Waals surface area contributed by atoms with Crippen molar-refractivity contribution >= 4 is 45.2 Å². The number of carbonyl (C=O) groups is 3. The van der Waals surface area contributed by atoms with Gasteiger partial charge in [-0.15, -0.1) is 18.3 Å². The second-order valence-electron chi connectivity index (χ2n) is 17.2. The number of aromatic nitrogens is 2. The molecule has 1 aliphatic heterocycles. The van der Waals surface area contributed by atoms with Crippen LogP contribution in [0.25, 0.3) is 0 Å². The predicted molar refractivity (Wildman–Crippen MR) is 299 cm³/mol. The Morgan fingerprint density at radius 3 is 1.79 bits per heavy atom. The summed E-state index contributed by atoms with van der Waals surface area (Å²) < 4.78 is 28.9. The average Bonchev–Trinajstić information content (AvgIpc) is 3.91. The van der Waals surface area contributed by atoms with Crippen LogP contribution in [0.4, 0.5) is 5.69 Å². The lowest BCUT2D eigenvalue weighted by molar-refractivity contribution is 0.0641. The Balaban J connectivity index is 0.000000172. The fourth-order valence-electron chi connectivity index (χ4n) is 7.20. The first-order valence-electron chi connectivity index (χ1n) is 23.9. The van der Waals surface area contributed by atoms with Crippen LogP contribution in [0.2, 0.25) is 0 Å².